The van der Waals surface area contributed by atoms with E-state index in [0.29, 0.717) is 12.1 Å². The molecule has 2 rings (SSSR count). The Labute approximate surface area is 61.3 Å². The summed E-state index contributed by atoms with van der Waals surface area (Å²) in [7, 11) is 0. The van der Waals surface area contributed by atoms with Crippen molar-refractivity contribution < 1.29 is 4.74 Å². The largest absolute Gasteiger partial charge is 0.475 e. The van der Waals surface area contributed by atoms with E-state index in [1.54, 1.807) is 0 Å². The molecule has 1 heterocycles. The molecule has 1 fully saturated rings. The molecule has 0 aromatic carbocycles. The molecular formula is C8H13NO. The molecule has 56 valence electrons. The first-order chi connectivity index (χ1) is 4.90. The highest BCUT2D eigenvalue weighted by atomic mass is 16.5. The van der Waals surface area contributed by atoms with E-state index < -0.39 is 0 Å². The Hall–Kier alpha value is -0.530. The minimum absolute atomic E-state index is 0.454. The molecule has 2 heteroatoms. The summed E-state index contributed by atoms with van der Waals surface area (Å²) in [6.07, 6.45) is 5.18. The van der Waals surface area contributed by atoms with Gasteiger partial charge in [-0.15, -0.1) is 0 Å². The van der Waals surface area contributed by atoms with Crippen molar-refractivity contribution in [1.29, 1.82) is 0 Å². The van der Waals surface area contributed by atoms with E-state index in [-0.39, 0.29) is 0 Å². The van der Waals surface area contributed by atoms with E-state index in [9.17, 15) is 0 Å². The van der Waals surface area contributed by atoms with Gasteiger partial charge in [-0.25, -0.2) is 4.99 Å². The van der Waals surface area contributed by atoms with Crippen molar-refractivity contribution in [3.63, 3.8) is 0 Å². The predicted molar refractivity (Wildman–Crippen MR) is 40.2 cm³/mol. The number of hydrogen-bond donors (Lipinski definition) is 0. The molecule has 0 aromatic rings. The normalized spacial score (nSPS) is 37.1. The van der Waals surface area contributed by atoms with Crippen LogP contribution in [-0.2, 0) is 4.74 Å². The van der Waals surface area contributed by atoms with Gasteiger partial charge in [-0.2, -0.15) is 0 Å². The second-order valence-corrected chi connectivity index (χ2v) is 3.03. The van der Waals surface area contributed by atoms with Gasteiger partial charge in [0.15, 0.2) is 5.90 Å². The Morgan fingerprint density at radius 3 is 3.20 bits per heavy atom. The Morgan fingerprint density at radius 2 is 2.50 bits per heavy atom. The van der Waals surface area contributed by atoms with Gasteiger partial charge in [-0.1, -0.05) is 6.92 Å². The molecule has 2 unspecified atom stereocenters. The summed E-state index contributed by atoms with van der Waals surface area (Å²) in [4.78, 5) is 4.46. The fraction of sp³-hybridized carbons (Fsp3) is 0.875. The van der Waals surface area contributed by atoms with E-state index in [0.717, 1.165) is 12.3 Å². The van der Waals surface area contributed by atoms with Crippen LogP contribution in [0.4, 0.5) is 0 Å². The highest BCUT2D eigenvalue weighted by Gasteiger charge is 2.33. The average molecular weight is 139 g/mol. The van der Waals surface area contributed by atoms with Crippen LogP contribution in [0.1, 0.15) is 32.6 Å². The Morgan fingerprint density at radius 1 is 1.60 bits per heavy atom. The summed E-state index contributed by atoms with van der Waals surface area (Å²) < 4.78 is 5.58. The van der Waals surface area contributed by atoms with E-state index in [2.05, 4.69) is 11.9 Å². The number of aliphatic imine (C=N–C) groups is 1. The fourth-order valence-electron chi connectivity index (χ4n) is 1.76. The molecule has 1 saturated carbocycles. The van der Waals surface area contributed by atoms with E-state index in [4.69, 9.17) is 4.74 Å². The molecule has 0 amide bonds. The van der Waals surface area contributed by atoms with Gasteiger partial charge in [0.25, 0.3) is 0 Å². The van der Waals surface area contributed by atoms with Gasteiger partial charge in [-0.05, 0) is 19.3 Å². The molecule has 0 spiro atoms. The van der Waals surface area contributed by atoms with Gasteiger partial charge in [-0.3, -0.25) is 0 Å². The van der Waals surface area contributed by atoms with Crippen molar-refractivity contribution in [2.24, 2.45) is 4.99 Å². The molecule has 0 saturated heterocycles. The summed E-state index contributed by atoms with van der Waals surface area (Å²) in [5.41, 5.74) is 0. The van der Waals surface area contributed by atoms with Gasteiger partial charge < -0.3 is 4.74 Å². The molecule has 10 heavy (non-hydrogen) atoms. The van der Waals surface area contributed by atoms with Crippen molar-refractivity contribution in [1.82, 2.24) is 0 Å². The third kappa shape index (κ3) is 0.825. The van der Waals surface area contributed by atoms with Crippen molar-refractivity contribution in [3.05, 3.63) is 0 Å². The SMILES string of the molecule is CCC1=NC2CCCC2O1. The Balaban J connectivity index is 2.06. The molecule has 0 bridgehead atoms. The first-order valence-electron chi connectivity index (χ1n) is 4.13. The van der Waals surface area contributed by atoms with Crippen molar-refractivity contribution in [2.45, 2.75) is 44.8 Å². The van der Waals surface area contributed by atoms with Crippen LogP contribution in [0.2, 0.25) is 0 Å². The van der Waals surface area contributed by atoms with Crippen LogP contribution >= 0.6 is 0 Å². The van der Waals surface area contributed by atoms with E-state index >= 15 is 0 Å². The van der Waals surface area contributed by atoms with Crippen LogP contribution in [0, 0.1) is 0 Å². The van der Waals surface area contributed by atoms with Crippen LogP contribution in [0.25, 0.3) is 0 Å². The summed E-state index contributed by atoms with van der Waals surface area (Å²) in [6, 6.07) is 0.523. The third-order valence-electron chi connectivity index (χ3n) is 2.32. The predicted octanol–water partition coefficient (Wildman–Crippen LogP) is 1.75. The lowest BCUT2D eigenvalue weighted by Crippen LogP contribution is -2.14. The number of rotatable bonds is 1. The van der Waals surface area contributed by atoms with E-state index in [1.807, 2.05) is 0 Å². The average Bonchev–Trinajstić information content (AvgIpc) is 2.42. The first kappa shape index (κ1) is 6.20. The van der Waals surface area contributed by atoms with Gasteiger partial charge in [0.2, 0.25) is 0 Å². The monoisotopic (exact) mass is 139 g/mol. The zero-order chi connectivity index (χ0) is 6.97. The van der Waals surface area contributed by atoms with E-state index in [1.165, 1.54) is 19.3 Å². The standard InChI is InChI=1S/C8H13NO/c1-2-8-9-6-4-3-5-7(6)10-8/h6-7H,2-5H2,1H3. The molecular weight excluding hydrogens is 126 g/mol. The second-order valence-electron chi connectivity index (χ2n) is 3.03. The molecule has 0 radical (unpaired) electrons. The smallest absolute Gasteiger partial charge is 0.183 e. The summed E-state index contributed by atoms with van der Waals surface area (Å²) in [6.45, 7) is 2.10. The van der Waals surface area contributed by atoms with Gasteiger partial charge >= 0.3 is 0 Å². The topological polar surface area (TPSA) is 21.6 Å². The van der Waals surface area contributed by atoms with Crippen LogP contribution in [0.5, 0.6) is 0 Å². The molecule has 0 N–H and O–H groups in total. The number of ether oxygens (including phenoxy) is 1. The van der Waals surface area contributed by atoms with Gasteiger partial charge in [0, 0.05) is 6.42 Å². The number of hydrogen-bond acceptors (Lipinski definition) is 2. The molecule has 1 aliphatic heterocycles. The molecule has 1 aliphatic carbocycles. The quantitative estimate of drug-likeness (QED) is 0.542. The van der Waals surface area contributed by atoms with Crippen LogP contribution in [0.3, 0.4) is 0 Å². The van der Waals surface area contributed by atoms with Gasteiger partial charge in [0.1, 0.15) is 6.10 Å². The minimum atomic E-state index is 0.454. The molecule has 2 nitrogen and oxygen atoms in total. The van der Waals surface area contributed by atoms with Crippen LogP contribution in [-0.4, -0.2) is 18.0 Å². The summed E-state index contributed by atoms with van der Waals surface area (Å²) in [5, 5.41) is 0. The summed E-state index contributed by atoms with van der Waals surface area (Å²) >= 11 is 0. The highest BCUT2D eigenvalue weighted by molar-refractivity contribution is 5.77. The maximum Gasteiger partial charge on any atom is 0.183 e. The Bertz CT molecular complexity index is 165. The van der Waals surface area contributed by atoms with Crippen molar-refractivity contribution >= 4 is 5.90 Å². The fourth-order valence-corrected chi connectivity index (χ4v) is 1.76. The number of nitrogens with zero attached hydrogens (tertiary/aromatic N) is 1. The zero-order valence-corrected chi connectivity index (χ0v) is 6.34. The zero-order valence-electron chi connectivity index (χ0n) is 6.34. The first-order valence-corrected chi connectivity index (χ1v) is 4.13. The lowest BCUT2D eigenvalue weighted by molar-refractivity contribution is 0.206. The van der Waals surface area contributed by atoms with Crippen LogP contribution < -0.4 is 0 Å². The second kappa shape index (κ2) is 2.26. The lowest BCUT2D eigenvalue weighted by Gasteiger charge is -2.06. The van der Waals surface area contributed by atoms with Gasteiger partial charge in [0.05, 0.1) is 6.04 Å². The minimum Gasteiger partial charge on any atom is -0.475 e. The number of fused-ring (bicyclic) bond motifs is 1. The van der Waals surface area contributed by atoms with Crippen molar-refractivity contribution in [3.8, 4) is 0 Å². The maximum atomic E-state index is 5.58. The van der Waals surface area contributed by atoms with Crippen LogP contribution in [0.15, 0.2) is 4.99 Å². The highest BCUT2D eigenvalue weighted by Crippen LogP contribution is 2.29. The van der Waals surface area contributed by atoms with Crippen molar-refractivity contribution in [2.75, 3.05) is 0 Å². The molecule has 0 aromatic heterocycles. The molecule has 2 aliphatic rings. The lowest BCUT2D eigenvalue weighted by atomic mass is 10.2. The molecule has 2 atom stereocenters. The summed E-state index contributed by atoms with van der Waals surface area (Å²) in [5.74, 6) is 0.981. The maximum absolute atomic E-state index is 5.58. The Kier molecular flexibility index (Phi) is 1.40. The third-order valence-corrected chi connectivity index (χ3v) is 2.32.